The van der Waals surface area contributed by atoms with Gasteiger partial charge in [0.2, 0.25) is 5.91 Å². The SMILES string of the molecule is O=C(NCCCn1cccn1)C1CCCN1C(=O)c1cc(Cl)cc(Cl)c1. The predicted octanol–water partition coefficient (Wildman–Crippen LogP) is 3.00. The number of aromatic nitrogens is 2. The van der Waals surface area contributed by atoms with Crippen molar-refractivity contribution >= 4 is 35.0 Å². The van der Waals surface area contributed by atoms with E-state index in [2.05, 4.69) is 10.4 Å². The van der Waals surface area contributed by atoms with Crippen LogP contribution in [-0.4, -0.2) is 45.6 Å². The van der Waals surface area contributed by atoms with Crippen LogP contribution in [0, 0.1) is 0 Å². The minimum absolute atomic E-state index is 0.121. The van der Waals surface area contributed by atoms with Gasteiger partial charge in [0.05, 0.1) is 0 Å². The highest BCUT2D eigenvalue weighted by Gasteiger charge is 2.34. The number of amides is 2. The van der Waals surface area contributed by atoms with Gasteiger partial charge in [-0.25, -0.2) is 0 Å². The molecule has 1 N–H and O–H groups in total. The highest BCUT2D eigenvalue weighted by atomic mass is 35.5. The third-order valence-electron chi connectivity index (χ3n) is 4.35. The molecule has 2 amide bonds. The molecule has 0 bridgehead atoms. The molecule has 1 fully saturated rings. The quantitative estimate of drug-likeness (QED) is 0.765. The Kier molecular flexibility index (Phi) is 6.16. The van der Waals surface area contributed by atoms with Crippen LogP contribution in [0.1, 0.15) is 29.6 Å². The molecule has 0 saturated carbocycles. The summed E-state index contributed by atoms with van der Waals surface area (Å²) in [5.41, 5.74) is 0.404. The molecule has 1 atom stereocenters. The van der Waals surface area contributed by atoms with Crippen molar-refractivity contribution in [1.29, 1.82) is 0 Å². The maximum absolute atomic E-state index is 12.8. The van der Waals surface area contributed by atoms with Crippen molar-refractivity contribution in [3.05, 3.63) is 52.3 Å². The van der Waals surface area contributed by atoms with Gasteiger partial charge >= 0.3 is 0 Å². The summed E-state index contributed by atoms with van der Waals surface area (Å²) >= 11 is 12.0. The fourth-order valence-corrected chi connectivity index (χ4v) is 3.65. The van der Waals surface area contributed by atoms with Crippen LogP contribution >= 0.6 is 23.2 Å². The van der Waals surface area contributed by atoms with E-state index in [-0.39, 0.29) is 11.8 Å². The lowest BCUT2D eigenvalue weighted by Crippen LogP contribution is -2.46. The maximum atomic E-state index is 12.8. The van der Waals surface area contributed by atoms with Crippen LogP contribution in [0.3, 0.4) is 0 Å². The van der Waals surface area contributed by atoms with Gasteiger partial charge in [-0.05, 0) is 43.5 Å². The first-order valence-electron chi connectivity index (χ1n) is 8.57. The average molecular weight is 395 g/mol. The van der Waals surface area contributed by atoms with E-state index in [0.717, 1.165) is 19.4 Å². The molecule has 1 unspecified atom stereocenters. The van der Waals surface area contributed by atoms with Crippen LogP contribution in [0.25, 0.3) is 0 Å². The fourth-order valence-electron chi connectivity index (χ4n) is 3.13. The van der Waals surface area contributed by atoms with E-state index in [9.17, 15) is 9.59 Å². The summed E-state index contributed by atoms with van der Waals surface area (Å²) in [4.78, 5) is 26.9. The number of hydrogen-bond donors (Lipinski definition) is 1. The van der Waals surface area contributed by atoms with E-state index >= 15 is 0 Å². The lowest BCUT2D eigenvalue weighted by atomic mass is 10.1. The van der Waals surface area contributed by atoms with Crippen LogP contribution in [-0.2, 0) is 11.3 Å². The number of nitrogens with one attached hydrogen (secondary N) is 1. The monoisotopic (exact) mass is 394 g/mol. The number of likely N-dealkylation sites (tertiary alicyclic amines) is 1. The Hall–Kier alpha value is -2.05. The number of hydrogen-bond acceptors (Lipinski definition) is 3. The van der Waals surface area contributed by atoms with Crippen molar-refractivity contribution in [1.82, 2.24) is 20.0 Å². The number of carbonyl (C=O) groups excluding carboxylic acids is 2. The topological polar surface area (TPSA) is 67.2 Å². The molecule has 0 aliphatic carbocycles. The van der Waals surface area contributed by atoms with Gasteiger partial charge in [-0.1, -0.05) is 23.2 Å². The standard InChI is InChI=1S/C18H20Cl2N4O2/c19-14-10-13(11-15(20)12-14)18(26)24-9-1-4-16(24)17(25)21-5-2-7-23-8-3-6-22-23/h3,6,8,10-12,16H,1-2,4-5,7,9H2,(H,21,25). The first-order valence-corrected chi connectivity index (χ1v) is 9.32. The number of benzene rings is 1. The Morgan fingerprint density at radius 3 is 2.69 bits per heavy atom. The molecular formula is C18H20Cl2N4O2. The predicted molar refractivity (Wildman–Crippen MR) is 100 cm³/mol. The molecule has 1 aliphatic heterocycles. The molecule has 138 valence electrons. The molecule has 0 radical (unpaired) electrons. The van der Waals surface area contributed by atoms with Crippen molar-refractivity contribution in [2.75, 3.05) is 13.1 Å². The van der Waals surface area contributed by atoms with Gasteiger partial charge < -0.3 is 10.2 Å². The van der Waals surface area contributed by atoms with Crippen LogP contribution in [0.5, 0.6) is 0 Å². The van der Waals surface area contributed by atoms with E-state index in [1.807, 2.05) is 16.9 Å². The third-order valence-corrected chi connectivity index (χ3v) is 4.78. The molecule has 0 spiro atoms. The van der Waals surface area contributed by atoms with E-state index < -0.39 is 6.04 Å². The summed E-state index contributed by atoms with van der Waals surface area (Å²) in [5, 5.41) is 7.85. The molecule has 1 saturated heterocycles. The summed E-state index contributed by atoms with van der Waals surface area (Å²) < 4.78 is 1.82. The van der Waals surface area contributed by atoms with Gasteiger partial charge in [-0.2, -0.15) is 5.10 Å². The Bertz CT molecular complexity index is 759. The Labute approximate surface area is 162 Å². The number of aryl methyl sites for hydroxylation is 1. The fraction of sp³-hybridized carbons (Fsp3) is 0.389. The maximum Gasteiger partial charge on any atom is 0.254 e. The van der Waals surface area contributed by atoms with E-state index in [1.165, 1.54) is 0 Å². The second-order valence-corrected chi connectivity index (χ2v) is 7.10. The first-order chi connectivity index (χ1) is 12.5. The first kappa shape index (κ1) is 18.7. The highest BCUT2D eigenvalue weighted by Crippen LogP contribution is 2.24. The molecule has 26 heavy (non-hydrogen) atoms. The minimum atomic E-state index is -0.454. The molecule has 3 rings (SSSR count). The van der Waals surface area contributed by atoms with Crippen molar-refractivity contribution < 1.29 is 9.59 Å². The number of rotatable bonds is 6. The molecule has 2 aromatic rings. The molecule has 1 aromatic carbocycles. The van der Waals surface area contributed by atoms with Crippen LogP contribution in [0.15, 0.2) is 36.7 Å². The smallest absolute Gasteiger partial charge is 0.254 e. The Morgan fingerprint density at radius 1 is 1.23 bits per heavy atom. The number of halogens is 2. The Balaban J connectivity index is 1.56. The summed E-state index contributed by atoms with van der Waals surface area (Å²) in [5.74, 6) is -0.340. The summed E-state index contributed by atoms with van der Waals surface area (Å²) in [6, 6.07) is 6.14. The zero-order valence-electron chi connectivity index (χ0n) is 14.2. The molecule has 2 heterocycles. The zero-order chi connectivity index (χ0) is 18.5. The number of nitrogens with zero attached hydrogens (tertiary/aromatic N) is 3. The van der Waals surface area contributed by atoms with Gasteiger partial charge in [0.25, 0.3) is 5.91 Å². The minimum Gasteiger partial charge on any atom is -0.354 e. The van der Waals surface area contributed by atoms with Gasteiger partial charge in [0.1, 0.15) is 6.04 Å². The van der Waals surface area contributed by atoms with Crippen molar-refractivity contribution in [3.8, 4) is 0 Å². The van der Waals surface area contributed by atoms with Gasteiger partial charge in [-0.15, -0.1) is 0 Å². The lowest BCUT2D eigenvalue weighted by molar-refractivity contribution is -0.124. The van der Waals surface area contributed by atoms with Gasteiger partial charge in [0, 0.05) is 47.6 Å². The van der Waals surface area contributed by atoms with Crippen LogP contribution in [0.4, 0.5) is 0 Å². The number of carbonyl (C=O) groups is 2. The second-order valence-electron chi connectivity index (χ2n) is 6.23. The lowest BCUT2D eigenvalue weighted by Gasteiger charge is -2.24. The van der Waals surface area contributed by atoms with Crippen molar-refractivity contribution in [2.45, 2.75) is 31.8 Å². The average Bonchev–Trinajstić information content (AvgIpc) is 3.28. The highest BCUT2D eigenvalue weighted by molar-refractivity contribution is 6.35. The molecule has 6 nitrogen and oxygen atoms in total. The molecule has 8 heteroatoms. The summed E-state index contributed by atoms with van der Waals surface area (Å²) in [6.45, 7) is 1.83. The zero-order valence-corrected chi connectivity index (χ0v) is 15.7. The van der Waals surface area contributed by atoms with Crippen molar-refractivity contribution in [3.63, 3.8) is 0 Å². The summed E-state index contributed by atoms with van der Waals surface area (Å²) in [6.07, 6.45) is 5.84. The Morgan fingerprint density at radius 2 is 2.00 bits per heavy atom. The molecule has 1 aliphatic rings. The van der Waals surface area contributed by atoms with Crippen LogP contribution < -0.4 is 5.32 Å². The second kappa shape index (κ2) is 8.56. The van der Waals surface area contributed by atoms with E-state index in [1.54, 1.807) is 29.3 Å². The third kappa shape index (κ3) is 4.56. The summed E-state index contributed by atoms with van der Waals surface area (Å²) in [7, 11) is 0. The van der Waals surface area contributed by atoms with Gasteiger partial charge in [-0.3, -0.25) is 14.3 Å². The van der Waals surface area contributed by atoms with E-state index in [4.69, 9.17) is 23.2 Å². The van der Waals surface area contributed by atoms with Crippen LogP contribution in [0.2, 0.25) is 10.0 Å². The normalized spacial score (nSPS) is 16.7. The van der Waals surface area contributed by atoms with E-state index in [0.29, 0.717) is 35.1 Å². The van der Waals surface area contributed by atoms with Gasteiger partial charge in [0.15, 0.2) is 0 Å². The van der Waals surface area contributed by atoms with Crippen molar-refractivity contribution in [2.24, 2.45) is 0 Å². The molecular weight excluding hydrogens is 375 g/mol. The molecule has 1 aromatic heterocycles. The largest absolute Gasteiger partial charge is 0.354 e.